The van der Waals surface area contributed by atoms with Crippen LogP contribution in [0, 0.1) is 11.8 Å². The molecule has 0 aliphatic carbocycles. The lowest BCUT2D eigenvalue weighted by Crippen LogP contribution is -2.42. The molecule has 2 aliphatic heterocycles. The van der Waals surface area contributed by atoms with Crippen molar-refractivity contribution in [3.63, 3.8) is 0 Å². The zero-order valence-corrected chi connectivity index (χ0v) is 13.9. The standard InChI is InChI=1S/C19H29NO2/c1-13(2)7-14-3-4-19-18-9-17(12-22)16(11-21)8-15(18)5-6-20(19)10-14/h8-9,13-14,19,21-22H,3-7,10-12H2,1-2H3. The van der Waals surface area contributed by atoms with Crippen LogP contribution in [-0.2, 0) is 19.6 Å². The van der Waals surface area contributed by atoms with E-state index in [0.717, 1.165) is 35.9 Å². The van der Waals surface area contributed by atoms with Crippen molar-refractivity contribution >= 4 is 0 Å². The Kier molecular flexibility index (Phi) is 4.86. The SMILES string of the molecule is CC(C)CC1CCC2c3cc(CO)c(CO)cc3CCN2C1. The summed E-state index contributed by atoms with van der Waals surface area (Å²) in [5.74, 6) is 1.62. The lowest BCUT2D eigenvalue weighted by Gasteiger charge is -2.44. The fourth-order valence-electron chi connectivity index (χ4n) is 4.43. The first-order chi connectivity index (χ1) is 10.6. The van der Waals surface area contributed by atoms with Crippen molar-refractivity contribution in [2.75, 3.05) is 13.1 Å². The number of hydrogen-bond donors (Lipinski definition) is 2. The molecule has 0 bridgehead atoms. The molecule has 1 saturated heterocycles. The zero-order valence-electron chi connectivity index (χ0n) is 13.9. The number of benzene rings is 1. The van der Waals surface area contributed by atoms with Crippen LogP contribution in [0.1, 0.15) is 61.4 Å². The monoisotopic (exact) mass is 303 g/mol. The van der Waals surface area contributed by atoms with Gasteiger partial charge in [0.25, 0.3) is 0 Å². The largest absolute Gasteiger partial charge is 0.392 e. The average molecular weight is 303 g/mol. The predicted molar refractivity (Wildman–Crippen MR) is 88.5 cm³/mol. The molecule has 3 heteroatoms. The summed E-state index contributed by atoms with van der Waals surface area (Å²) in [6.45, 7) is 7.04. The van der Waals surface area contributed by atoms with Crippen LogP contribution in [0.3, 0.4) is 0 Å². The van der Waals surface area contributed by atoms with E-state index in [1.807, 2.05) is 0 Å². The Morgan fingerprint density at radius 3 is 2.55 bits per heavy atom. The van der Waals surface area contributed by atoms with Gasteiger partial charge >= 0.3 is 0 Å². The average Bonchev–Trinajstić information content (AvgIpc) is 2.52. The highest BCUT2D eigenvalue weighted by molar-refractivity contribution is 5.41. The molecular formula is C19H29NO2. The molecule has 2 aliphatic rings. The van der Waals surface area contributed by atoms with Gasteiger partial charge in [0.15, 0.2) is 0 Å². The Morgan fingerprint density at radius 2 is 1.86 bits per heavy atom. The summed E-state index contributed by atoms with van der Waals surface area (Å²) >= 11 is 0. The zero-order chi connectivity index (χ0) is 15.7. The number of aliphatic hydroxyl groups excluding tert-OH is 2. The molecule has 0 spiro atoms. The number of fused-ring (bicyclic) bond motifs is 3. The van der Waals surface area contributed by atoms with Gasteiger partial charge in [-0.3, -0.25) is 4.90 Å². The topological polar surface area (TPSA) is 43.7 Å². The Hall–Kier alpha value is -0.900. The van der Waals surface area contributed by atoms with Crippen molar-refractivity contribution in [2.24, 2.45) is 11.8 Å². The van der Waals surface area contributed by atoms with Gasteiger partial charge in [0.05, 0.1) is 13.2 Å². The number of nitrogens with zero attached hydrogens (tertiary/aromatic N) is 1. The highest BCUT2D eigenvalue weighted by Crippen LogP contribution is 2.40. The molecule has 0 amide bonds. The maximum Gasteiger partial charge on any atom is 0.0685 e. The minimum absolute atomic E-state index is 0.0197. The van der Waals surface area contributed by atoms with E-state index in [9.17, 15) is 10.2 Å². The summed E-state index contributed by atoms with van der Waals surface area (Å²) in [5.41, 5.74) is 4.57. The molecule has 3 nitrogen and oxygen atoms in total. The van der Waals surface area contributed by atoms with Crippen LogP contribution in [0.25, 0.3) is 0 Å². The minimum atomic E-state index is 0.0197. The van der Waals surface area contributed by atoms with Gasteiger partial charge < -0.3 is 10.2 Å². The second-order valence-corrected chi connectivity index (χ2v) is 7.47. The van der Waals surface area contributed by atoms with E-state index in [2.05, 4.69) is 30.9 Å². The van der Waals surface area contributed by atoms with E-state index in [0.29, 0.717) is 6.04 Å². The summed E-state index contributed by atoms with van der Waals surface area (Å²) in [4.78, 5) is 2.65. The highest BCUT2D eigenvalue weighted by Gasteiger charge is 2.33. The first kappa shape index (κ1) is 16.0. The summed E-state index contributed by atoms with van der Waals surface area (Å²) < 4.78 is 0. The maximum absolute atomic E-state index is 9.56. The molecular weight excluding hydrogens is 274 g/mol. The van der Waals surface area contributed by atoms with Gasteiger partial charge in [-0.05, 0) is 59.8 Å². The van der Waals surface area contributed by atoms with Gasteiger partial charge in [-0.2, -0.15) is 0 Å². The van der Waals surface area contributed by atoms with Gasteiger partial charge in [-0.15, -0.1) is 0 Å². The van der Waals surface area contributed by atoms with E-state index in [4.69, 9.17) is 0 Å². The molecule has 3 rings (SSSR count). The molecule has 1 aromatic carbocycles. The molecule has 122 valence electrons. The van der Waals surface area contributed by atoms with Crippen molar-refractivity contribution in [1.82, 2.24) is 4.90 Å². The molecule has 22 heavy (non-hydrogen) atoms. The van der Waals surface area contributed by atoms with Gasteiger partial charge in [-0.25, -0.2) is 0 Å². The molecule has 2 N–H and O–H groups in total. The van der Waals surface area contributed by atoms with E-state index in [1.54, 1.807) is 0 Å². The van der Waals surface area contributed by atoms with Crippen LogP contribution in [0.4, 0.5) is 0 Å². The van der Waals surface area contributed by atoms with E-state index in [-0.39, 0.29) is 13.2 Å². The van der Waals surface area contributed by atoms with Crippen LogP contribution >= 0.6 is 0 Å². The number of rotatable bonds is 4. The highest BCUT2D eigenvalue weighted by atomic mass is 16.3. The Morgan fingerprint density at radius 1 is 1.14 bits per heavy atom. The third-order valence-corrected chi connectivity index (χ3v) is 5.42. The van der Waals surface area contributed by atoms with Crippen LogP contribution in [-0.4, -0.2) is 28.2 Å². The number of aliphatic hydroxyl groups is 2. The summed E-state index contributed by atoms with van der Waals surface area (Å²) in [6.07, 6.45) is 4.95. The summed E-state index contributed by atoms with van der Waals surface area (Å²) in [5, 5.41) is 19.0. The first-order valence-electron chi connectivity index (χ1n) is 8.72. The summed E-state index contributed by atoms with van der Waals surface area (Å²) in [7, 11) is 0. The van der Waals surface area contributed by atoms with E-state index >= 15 is 0 Å². The van der Waals surface area contributed by atoms with Crippen molar-refractivity contribution in [2.45, 2.75) is 58.8 Å². The van der Waals surface area contributed by atoms with Gasteiger partial charge in [-0.1, -0.05) is 26.0 Å². The molecule has 2 unspecified atom stereocenters. The van der Waals surface area contributed by atoms with Crippen molar-refractivity contribution in [3.8, 4) is 0 Å². The lowest BCUT2D eigenvalue weighted by molar-refractivity contribution is 0.0894. The Labute approximate surface area is 134 Å². The first-order valence-corrected chi connectivity index (χ1v) is 8.72. The fourth-order valence-corrected chi connectivity index (χ4v) is 4.43. The second-order valence-electron chi connectivity index (χ2n) is 7.47. The van der Waals surface area contributed by atoms with Crippen LogP contribution in [0.15, 0.2) is 12.1 Å². The number of piperidine rings is 1. The maximum atomic E-state index is 9.56. The summed E-state index contributed by atoms with van der Waals surface area (Å²) in [6, 6.07) is 4.80. The lowest BCUT2D eigenvalue weighted by atomic mass is 9.80. The Bertz CT molecular complexity index is 526. The van der Waals surface area contributed by atoms with E-state index in [1.165, 1.54) is 36.9 Å². The minimum Gasteiger partial charge on any atom is -0.392 e. The molecule has 2 atom stereocenters. The van der Waals surface area contributed by atoms with Crippen molar-refractivity contribution < 1.29 is 10.2 Å². The molecule has 0 radical (unpaired) electrons. The van der Waals surface area contributed by atoms with Crippen molar-refractivity contribution in [3.05, 3.63) is 34.4 Å². The fraction of sp³-hybridized carbons (Fsp3) is 0.684. The van der Waals surface area contributed by atoms with Gasteiger partial charge in [0.1, 0.15) is 0 Å². The quantitative estimate of drug-likeness (QED) is 0.898. The molecule has 2 heterocycles. The van der Waals surface area contributed by atoms with E-state index < -0.39 is 0 Å². The van der Waals surface area contributed by atoms with Crippen LogP contribution in [0.5, 0.6) is 0 Å². The Balaban J connectivity index is 1.82. The normalized spacial score (nSPS) is 25.1. The number of hydrogen-bond acceptors (Lipinski definition) is 3. The van der Waals surface area contributed by atoms with Gasteiger partial charge in [0.2, 0.25) is 0 Å². The molecule has 1 fully saturated rings. The van der Waals surface area contributed by atoms with Crippen LogP contribution in [0.2, 0.25) is 0 Å². The smallest absolute Gasteiger partial charge is 0.0685 e. The molecule has 0 aromatic heterocycles. The van der Waals surface area contributed by atoms with Crippen LogP contribution < -0.4 is 0 Å². The predicted octanol–water partition coefficient (Wildman–Crippen LogP) is 3.03. The van der Waals surface area contributed by atoms with Gasteiger partial charge in [0, 0.05) is 19.1 Å². The van der Waals surface area contributed by atoms with Crippen molar-refractivity contribution in [1.29, 1.82) is 0 Å². The molecule has 1 aromatic rings. The second kappa shape index (κ2) is 6.69. The molecule has 0 saturated carbocycles. The third-order valence-electron chi connectivity index (χ3n) is 5.42. The third kappa shape index (κ3) is 3.08.